The highest BCUT2D eigenvalue weighted by molar-refractivity contribution is 7.19. The second-order valence-corrected chi connectivity index (χ2v) is 8.72. The normalized spacial score (nSPS) is 21.0. The molecule has 0 radical (unpaired) electrons. The summed E-state index contributed by atoms with van der Waals surface area (Å²) in [7, 11) is 0. The minimum Gasteiger partial charge on any atom is -0.341 e. The topological polar surface area (TPSA) is 59.6 Å². The fraction of sp³-hybridized carbons (Fsp3) is 0.526. The van der Waals surface area contributed by atoms with E-state index in [-0.39, 0.29) is 18.0 Å². The Labute approximate surface area is 156 Å². The lowest BCUT2D eigenvalue weighted by Crippen LogP contribution is -2.45. The zero-order valence-corrected chi connectivity index (χ0v) is 16.3. The summed E-state index contributed by atoms with van der Waals surface area (Å²) in [5.74, 6) is 0.976. The molecular weight excluding hydrogens is 348 g/mol. The van der Waals surface area contributed by atoms with Crippen LogP contribution in [0.25, 0.3) is 15.7 Å². The molecule has 1 fully saturated rings. The summed E-state index contributed by atoms with van der Waals surface area (Å²) in [6, 6.07) is 4.02. The Morgan fingerprint density at radius 2 is 1.96 bits per heavy atom. The number of aryl methyl sites for hydroxylation is 1. The molecule has 1 aliphatic rings. The lowest BCUT2D eigenvalue weighted by Gasteiger charge is -2.35. The molecule has 1 saturated heterocycles. The average molecular weight is 372 g/mol. The predicted octanol–water partition coefficient (Wildman–Crippen LogP) is 2.78. The van der Waals surface area contributed by atoms with E-state index in [9.17, 15) is 9.59 Å². The van der Waals surface area contributed by atoms with Crippen molar-refractivity contribution in [3.8, 4) is 0 Å². The van der Waals surface area contributed by atoms with E-state index in [4.69, 9.17) is 0 Å². The number of aromatic nitrogens is 3. The number of hydrogen-bond acceptors (Lipinski definition) is 4. The number of amides is 1. The molecule has 0 bridgehead atoms. The number of carbonyl (C=O) groups is 1. The second-order valence-electron chi connectivity index (χ2n) is 7.55. The summed E-state index contributed by atoms with van der Waals surface area (Å²) in [6.07, 6.45) is 3.78. The first-order chi connectivity index (χ1) is 12.5. The van der Waals surface area contributed by atoms with Crippen LogP contribution >= 0.6 is 11.3 Å². The summed E-state index contributed by atoms with van der Waals surface area (Å²) in [6.45, 7) is 8.00. The molecule has 7 heteroatoms. The number of rotatable bonds is 3. The summed E-state index contributed by atoms with van der Waals surface area (Å²) in [5.41, 5.74) is 1.39. The fourth-order valence-electron chi connectivity index (χ4n) is 4.03. The highest BCUT2D eigenvalue weighted by atomic mass is 32.1. The average Bonchev–Trinajstić information content (AvgIpc) is 3.14. The van der Waals surface area contributed by atoms with E-state index in [1.165, 1.54) is 9.56 Å². The first-order valence-corrected chi connectivity index (χ1v) is 10.0. The van der Waals surface area contributed by atoms with Crippen molar-refractivity contribution in [2.24, 2.45) is 11.8 Å². The molecule has 6 nitrogen and oxygen atoms in total. The van der Waals surface area contributed by atoms with Crippen LogP contribution in [0, 0.1) is 11.8 Å². The lowest BCUT2D eigenvalue weighted by molar-refractivity contribution is -0.134. The molecule has 0 N–H and O–H groups in total. The number of hydrogen-bond donors (Lipinski definition) is 0. The van der Waals surface area contributed by atoms with Gasteiger partial charge in [0.05, 0.1) is 10.2 Å². The van der Waals surface area contributed by atoms with Crippen LogP contribution in [-0.4, -0.2) is 38.1 Å². The van der Waals surface area contributed by atoms with Gasteiger partial charge < -0.3 is 4.90 Å². The molecular formula is C19H24N4O2S. The van der Waals surface area contributed by atoms with E-state index in [1.54, 1.807) is 17.7 Å². The third-order valence-corrected chi connectivity index (χ3v) is 6.41. The molecule has 0 aliphatic carbocycles. The molecule has 0 unspecified atom stereocenters. The number of piperidine rings is 1. The highest BCUT2D eigenvalue weighted by Crippen LogP contribution is 2.28. The van der Waals surface area contributed by atoms with Crippen molar-refractivity contribution in [2.45, 2.75) is 40.2 Å². The maximum Gasteiger partial charge on any atom is 0.291 e. The number of fused-ring (bicyclic) bond motifs is 3. The van der Waals surface area contributed by atoms with Gasteiger partial charge >= 0.3 is 0 Å². The van der Waals surface area contributed by atoms with Gasteiger partial charge in [-0.3, -0.25) is 14.0 Å². The molecule has 26 heavy (non-hydrogen) atoms. The van der Waals surface area contributed by atoms with Crippen molar-refractivity contribution in [3.05, 3.63) is 33.7 Å². The number of thiophene rings is 1. The summed E-state index contributed by atoms with van der Waals surface area (Å²) in [5, 5.41) is 4.26. The first-order valence-electron chi connectivity index (χ1n) is 9.23. The van der Waals surface area contributed by atoms with Crippen LogP contribution in [0.15, 0.2) is 23.3 Å². The third kappa shape index (κ3) is 2.94. The van der Waals surface area contributed by atoms with Gasteiger partial charge in [0.25, 0.3) is 5.56 Å². The van der Waals surface area contributed by atoms with E-state index in [1.807, 2.05) is 15.4 Å². The largest absolute Gasteiger partial charge is 0.341 e. The summed E-state index contributed by atoms with van der Waals surface area (Å²) < 4.78 is 4.22. The van der Waals surface area contributed by atoms with Crippen LogP contribution < -0.4 is 5.56 Å². The Morgan fingerprint density at radius 1 is 1.23 bits per heavy atom. The number of likely N-dealkylation sites (tertiary alicyclic amines) is 1. The molecule has 4 heterocycles. The molecule has 0 aromatic carbocycles. The molecule has 4 rings (SSSR count). The smallest absolute Gasteiger partial charge is 0.291 e. The van der Waals surface area contributed by atoms with E-state index >= 15 is 0 Å². The van der Waals surface area contributed by atoms with Gasteiger partial charge in [-0.05, 0) is 36.8 Å². The Bertz CT molecular complexity index is 1020. The van der Waals surface area contributed by atoms with E-state index in [0.29, 0.717) is 17.4 Å². The van der Waals surface area contributed by atoms with Crippen LogP contribution in [0.4, 0.5) is 0 Å². The van der Waals surface area contributed by atoms with E-state index < -0.39 is 0 Å². The number of nitrogens with zero attached hydrogens (tertiary/aromatic N) is 4. The maximum atomic E-state index is 12.8. The second kappa shape index (κ2) is 6.54. The molecule has 3 aromatic heterocycles. The zero-order chi connectivity index (χ0) is 18.4. The minimum atomic E-state index is -0.208. The van der Waals surface area contributed by atoms with Crippen molar-refractivity contribution in [2.75, 3.05) is 13.1 Å². The molecule has 1 amide bonds. The minimum absolute atomic E-state index is 0.00775. The Balaban J connectivity index is 1.63. The fourth-order valence-corrected chi connectivity index (χ4v) is 5.06. The Hall–Kier alpha value is -2.15. The van der Waals surface area contributed by atoms with Crippen LogP contribution in [0.2, 0.25) is 0 Å². The Kier molecular flexibility index (Phi) is 4.34. The van der Waals surface area contributed by atoms with Gasteiger partial charge in [-0.25, -0.2) is 4.68 Å². The van der Waals surface area contributed by atoms with Gasteiger partial charge in [0, 0.05) is 18.0 Å². The molecule has 0 spiro atoms. The summed E-state index contributed by atoms with van der Waals surface area (Å²) >= 11 is 1.70. The van der Waals surface area contributed by atoms with Crippen LogP contribution in [0.5, 0.6) is 0 Å². The van der Waals surface area contributed by atoms with Crippen LogP contribution in [0.3, 0.4) is 0 Å². The monoisotopic (exact) mass is 372 g/mol. The van der Waals surface area contributed by atoms with E-state index in [0.717, 1.165) is 36.1 Å². The maximum absolute atomic E-state index is 12.8. The van der Waals surface area contributed by atoms with Crippen molar-refractivity contribution >= 4 is 33.0 Å². The number of carbonyl (C=O) groups excluding carboxylic acids is 1. The highest BCUT2D eigenvalue weighted by Gasteiger charge is 2.26. The quantitative estimate of drug-likeness (QED) is 0.710. The van der Waals surface area contributed by atoms with Gasteiger partial charge in [-0.2, -0.15) is 5.10 Å². The predicted molar refractivity (Wildman–Crippen MR) is 104 cm³/mol. The van der Waals surface area contributed by atoms with Crippen LogP contribution in [-0.2, 0) is 17.8 Å². The lowest BCUT2D eigenvalue weighted by atomic mass is 9.92. The Morgan fingerprint density at radius 3 is 2.65 bits per heavy atom. The van der Waals surface area contributed by atoms with Crippen molar-refractivity contribution in [1.29, 1.82) is 0 Å². The summed E-state index contributed by atoms with van der Waals surface area (Å²) in [4.78, 5) is 28.7. The van der Waals surface area contributed by atoms with Gasteiger partial charge in [0.1, 0.15) is 18.4 Å². The zero-order valence-electron chi connectivity index (χ0n) is 15.4. The van der Waals surface area contributed by atoms with Crippen LogP contribution in [0.1, 0.15) is 32.1 Å². The molecule has 1 aliphatic heterocycles. The van der Waals surface area contributed by atoms with Gasteiger partial charge in [-0.1, -0.05) is 20.8 Å². The third-order valence-electron chi connectivity index (χ3n) is 5.19. The van der Waals surface area contributed by atoms with Gasteiger partial charge in [-0.15, -0.1) is 11.3 Å². The molecule has 0 saturated carbocycles. The van der Waals surface area contributed by atoms with E-state index in [2.05, 4.69) is 31.9 Å². The van der Waals surface area contributed by atoms with Crippen molar-refractivity contribution in [1.82, 2.24) is 19.1 Å². The SMILES string of the molecule is CCc1cc2c(cc3c(=O)n(CC(=O)N4C[C@H](C)C[C@@H](C)C4)ncn32)s1. The molecule has 138 valence electrons. The van der Waals surface area contributed by atoms with Crippen molar-refractivity contribution < 1.29 is 4.79 Å². The van der Waals surface area contributed by atoms with Crippen molar-refractivity contribution in [3.63, 3.8) is 0 Å². The first kappa shape index (κ1) is 17.3. The van der Waals surface area contributed by atoms with Gasteiger partial charge in [0.2, 0.25) is 5.91 Å². The molecule has 2 atom stereocenters. The standard InChI is InChI=1S/C19H24N4O2S/c1-4-14-6-15-17(26-14)7-16-19(25)23(20-11-22(15)16)10-18(24)21-8-12(2)5-13(3)9-21/h6-7,11-13H,4-5,8-10H2,1-3H3/t12-,13-/m1/s1. The molecule has 3 aromatic rings. The van der Waals surface area contributed by atoms with Gasteiger partial charge in [0.15, 0.2) is 0 Å².